The molecule has 70 valence electrons. The molecule has 0 fully saturated rings. The molecule has 1 heterocycles. The highest BCUT2D eigenvalue weighted by Gasteiger charge is 2.01. The molecule has 0 spiro atoms. The number of rotatable bonds is 2. The number of halogens is 2. The largest absolute Gasteiger partial charge is 0.328 e. The van der Waals surface area contributed by atoms with Crippen LogP contribution in [0.5, 0.6) is 0 Å². The van der Waals surface area contributed by atoms with E-state index in [1.165, 1.54) is 10.8 Å². The van der Waals surface area contributed by atoms with E-state index in [1.54, 1.807) is 0 Å². The molecule has 0 amide bonds. The number of hydrogen-bond donors (Lipinski definition) is 1. The van der Waals surface area contributed by atoms with E-state index in [1.807, 2.05) is 0 Å². The number of nitrogens with zero attached hydrogens (tertiary/aromatic N) is 1. The zero-order chi connectivity index (χ0) is 10.0. The quantitative estimate of drug-likeness (QED) is 0.870. The Morgan fingerprint density at radius 3 is 2.85 bits per heavy atom. The van der Waals surface area contributed by atoms with Gasteiger partial charge in [0.05, 0.1) is 6.54 Å². The van der Waals surface area contributed by atoms with E-state index in [9.17, 15) is 9.59 Å². The number of allylic oxidation sites excluding steroid dienone is 1. The van der Waals surface area contributed by atoms with Gasteiger partial charge in [-0.05, 0) is 0 Å². The molecule has 1 aromatic rings. The van der Waals surface area contributed by atoms with Crippen molar-refractivity contribution < 1.29 is 0 Å². The molecular weight excluding hydrogens is 259 g/mol. The maximum absolute atomic E-state index is 11.1. The van der Waals surface area contributed by atoms with Crippen LogP contribution in [0.4, 0.5) is 0 Å². The van der Waals surface area contributed by atoms with E-state index in [2.05, 4.69) is 27.5 Å². The summed E-state index contributed by atoms with van der Waals surface area (Å²) in [6.07, 6.45) is 1.27. The lowest BCUT2D eigenvalue weighted by Crippen LogP contribution is -2.29. The molecule has 0 aromatic carbocycles. The number of hydrogen-bond acceptors (Lipinski definition) is 2. The van der Waals surface area contributed by atoms with Gasteiger partial charge in [-0.2, -0.15) is 0 Å². The van der Waals surface area contributed by atoms with Crippen LogP contribution in [-0.2, 0) is 6.54 Å². The van der Waals surface area contributed by atoms with E-state index in [0.717, 1.165) is 0 Å². The summed E-state index contributed by atoms with van der Waals surface area (Å²) < 4.78 is 1.87. The smallest absolute Gasteiger partial charge is 0.294 e. The van der Waals surface area contributed by atoms with Gasteiger partial charge in [0, 0.05) is 10.7 Å². The Bertz CT molecular complexity index is 449. The first-order valence-electron chi connectivity index (χ1n) is 3.33. The number of aromatic nitrogens is 2. The Morgan fingerprint density at radius 2 is 2.31 bits per heavy atom. The van der Waals surface area contributed by atoms with Gasteiger partial charge in [-0.3, -0.25) is 14.3 Å². The highest BCUT2D eigenvalue weighted by molar-refractivity contribution is 9.11. The molecule has 0 atom stereocenters. The fourth-order valence-corrected chi connectivity index (χ4v) is 1.22. The molecule has 0 radical (unpaired) electrons. The lowest BCUT2D eigenvalue weighted by Gasteiger charge is -2.02. The Morgan fingerprint density at radius 1 is 1.69 bits per heavy atom. The number of nitrogens with one attached hydrogen (secondary N) is 1. The average Bonchev–Trinajstić information content (AvgIpc) is 1.99. The second-order valence-corrected chi connectivity index (χ2v) is 3.91. The van der Waals surface area contributed by atoms with Gasteiger partial charge in [-0.1, -0.05) is 34.1 Å². The van der Waals surface area contributed by atoms with Crippen molar-refractivity contribution in [2.45, 2.75) is 6.54 Å². The van der Waals surface area contributed by atoms with Gasteiger partial charge in [-0.15, -0.1) is 0 Å². The van der Waals surface area contributed by atoms with Crippen molar-refractivity contribution in [2.24, 2.45) is 0 Å². The van der Waals surface area contributed by atoms with E-state index < -0.39 is 11.2 Å². The first kappa shape index (κ1) is 10.3. The molecule has 4 nitrogen and oxygen atoms in total. The maximum Gasteiger partial charge on any atom is 0.328 e. The van der Waals surface area contributed by atoms with Crippen molar-refractivity contribution >= 4 is 27.5 Å². The van der Waals surface area contributed by atoms with Crippen molar-refractivity contribution in [3.05, 3.63) is 43.1 Å². The third-order valence-corrected chi connectivity index (χ3v) is 1.83. The minimum Gasteiger partial charge on any atom is -0.294 e. The normalized spacial score (nSPS) is 10.0. The molecular formula is C7H6BrClN2O2. The number of aromatic amines is 1. The molecule has 13 heavy (non-hydrogen) atoms. The fourth-order valence-electron chi connectivity index (χ4n) is 0.785. The summed E-state index contributed by atoms with van der Waals surface area (Å²) in [6.45, 7) is 3.84. The first-order valence-corrected chi connectivity index (χ1v) is 4.50. The summed E-state index contributed by atoms with van der Waals surface area (Å²) in [5.74, 6) is 0. The van der Waals surface area contributed by atoms with E-state index in [0.29, 0.717) is 4.48 Å². The number of H-pyrrole nitrogens is 1. The highest BCUT2D eigenvalue weighted by Crippen LogP contribution is 2.04. The lowest BCUT2D eigenvalue weighted by atomic mass is 10.5. The third kappa shape index (κ3) is 2.57. The Kier molecular flexibility index (Phi) is 3.11. The second-order valence-electron chi connectivity index (χ2n) is 2.38. The van der Waals surface area contributed by atoms with Crippen LogP contribution in [0, 0.1) is 0 Å². The molecule has 0 bridgehead atoms. The molecule has 0 unspecified atom stereocenters. The van der Waals surface area contributed by atoms with Crippen LogP contribution in [-0.4, -0.2) is 9.55 Å². The zero-order valence-electron chi connectivity index (χ0n) is 6.51. The molecule has 6 heteroatoms. The highest BCUT2D eigenvalue weighted by atomic mass is 79.9. The second kappa shape index (κ2) is 3.93. The molecule has 1 N–H and O–H groups in total. The molecule has 1 aromatic heterocycles. The minimum atomic E-state index is -0.580. The predicted octanol–water partition coefficient (Wildman–Crippen LogP) is 1.10. The summed E-state index contributed by atoms with van der Waals surface area (Å²) in [4.78, 5) is 24.0. The third-order valence-electron chi connectivity index (χ3n) is 1.31. The minimum absolute atomic E-state index is 0.0200. The van der Waals surface area contributed by atoms with Crippen LogP contribution in [0.2, 0.25) is 5.02 Å². The van der Waals surface area contributed by atoms with E-state index in [4.69, 9.17) is 11.6 Å². The van der Waals surface area contributed by atoms with Gasteiger partial charge >= 0.3 is 5.69 Å². The van der Waals surface area contributed by atoms with Gasteiger partial charge in [0.25, 0.3) is 5.56 Å². The van der Waals surface area contributed by atoms with Gasteiger partial charge < -0.3 is 0 Å². The van der Waals surface area contributed by atoms with Crippen LogP contribution in [0.1, 0.15) is 0 Å². The summed E-state index contributed by atoms with van der Waals surface area (Å²) in [6, 6.07) is 0. The molecule has 0 aliphatic heterocycles. The van der Waals surface area contributed by atoms with Crippen LogP contribution >= 0.6 is 27.5 Å². The fraction of sp³-hybridized carbons (Fsp3) is 0.143. The average molecular weight is 265 g/mol. The maximum atomic E-state index is 11.1. The van der Waals surface area contributed by atoms with Gasteiger partial charge in [-0.25, -0.2) is 4.79 Å². The van der Waals surface area contributed by atoms with Crippen LogP contribution < -0.4 is 11.2 Å². The monoisotopic (exact) mass is 264 g/mol. The van der Waals surface area contributed by atoms with Crippen molar-refractivity contribution in [3.8, 4) is 0 Å². The van der Waals surface area contributed by atoms with Gasteiger partial charge in [0.1, 0.15) is 5.02 Å². The van der Waals surface area contributed by atoms with E-state index >= 15 is 0 Å². The zero-order valence-corrected chi connectivity index (χ0v) is 8.85. The summed E-state index contributed by atoms with van der Waals surface area (Å²) in [5, 5.41) is -0.0200. The van der Waals surface area contributed by atoms with E-state index in [-0.39, 0.29) is 11.6 Å². The molecule has 0 aliphatic carbocycles. The molecule has 1 rings (SSSR count). The van der Waals surface area contributed by atoms with Gasteiger partial charge in [0.15, 0.2) is 0 Å². The van der Waals surface area contributed by atoms with Crippen molar-refractivity contribution in [1.82, 2.24) is 9.55 Å². The summed E-state index contributed by atoms with van der Waals surface area (Å²) >= 11 is 8.62. The van der Waals surface area contributed by atoms with Crippen LogP contribution in [0.15, 0.2) is 26.8 Å². The summed E-state index contributed by atoms with van der Waals surface area (Å²) in [5.41, 5.74) is -1.09. The Labute approximate surface area is 87.0 Å². The van der Waals surface area contributed by atoms with Crippen molar-refractivity contribution in [2.75, 3.05) is 0 Å². The molecule has 0 saturated carbocycles. The topological polar surface area (TPSA) is 54.9 Å². The van der Waals surface area contributed by atoms with Crippen LogP contribution in [0.25, 0.3) is 0 Å². The SMILES string of the molecule is C=C(Br)Cn1cc(Cl)c(=O)[nH]c1=O. The lowest BCUT2D eigenvalue weighted by molar-refractivity contribution is 0.733. The van der Waals surface area contributed by atoms with Crippen molar-refractivity contribution in [1.29, 1.82) is 0 Å². The first-order chi connectivity index (χ1) is 6.00. The van der Waals surface area contributed by atoms with Gasteiger partial charge in [0.2, 0.25) is 0 Å². The van der Waals surface area contributed by atoms with Crippen molar-refractivity contribution in [3.63, 3.8) is 0 Å². The standard InChI is InChI=1S/C7H6BrClN2O2/c1-4(8)2-11-3-5(9)6(12)10-7(11)13/h3H,1-2H2,(H,10,12,13). The Balaban J connectivity index is 3.24. The Hall–Kier alpha value is -0.810. The predicted molar refractivity (Wildman–Crippen MR) is 54.4 cm³/mol. The summed E-state index contributed by atoms with van der Waals surface area (Å²) in [7, 11) is 0. The molecule has 0 saturated heterocycles. The van der Waals surface area contributed by atoms with Crippen LogP contribution in [0.3, 0.4) is 0 Å². The molecule has 0 aliphatic rings.